The average molecular weight is 285 g/mol. The Balaban J connectivity index is 1.83. The number of aryl methyl sites for hydroxylation is 1. The smallest absolute Gasteiger partial charge is 0.110 e. The molecule has 1 saturated heterocycles. The number of imidazole rings is 1. The molecule has 3 heteroatoms. The normalized spacial score (nSPS) is 20.8. The number of hydrogen-bond donors (Lipinski definition) is 1. The summed E-state index contributed by atoms with van der Waals surface area (Å²) in [6, 6.07) is 8.55. The van der Waals surface area contributed by atoms with Crippen molar-refractivity contribution in [2.45, 2.75) is 46.1 Å². The summed E-state index contributed by atoms with van der Waals surface area (Å²) in [6.45, 7) is 8.08. The third kappa shape index (κ3) is 3.13. The van der Waals surface area contributed by atoms with Gasteiger partial charge in [-0.05, 0) is 56.3 Å². The Labute approximate surface area is 127 Å². The van der Waals surface area contributed by atoms with E-state index >= 15 is 0 Å². The molecular weight excluding hydrogens is 258 g/mol. The standard InChI is InChI=1S/C18H27N3/c1-3-11-21-17-9-5-4-8-16(17)20-18(21)12-14(2)15-7-6-10-19-13-15/h4-5,8-9,14-15,19H,3,6-7,10-13H2,1-2H3. The third-order valence-electron chi connectivity index (χ3n) is 4.83. The van der Waals surface area contributed by atoms with E-state index in [-0.39, 0.29) is 0 Å². The van der Waals surface area contributed by atoms with Crippen molar-refractivity contribution >= 4 is 11.0 Å². The van der Waals surface area contributed by atoms with Crippen molar-refractivity contribution in [2.75, 3.05) is 13.1 Å². The second-order valence-corrected chi connectivity index (χ2v) is 6.46. The van der Waals surface area contributed by atoms with Crippen LogP contribution < -0.4 is 5.32 Å². The Morgan fingerprint density at radius 3 is 3.00 bits per heavy atom. The highest BCUT2D eigenvalue weighted by Gasteiger charge is 2.22. The summed E-state index contributed by atoms with van der Waals surface area (Å²) < 4.78 is 2.43. The fourth-order valence-corrected chi connectivity index (χ4v) is 3.57. The first-order valence-corrected chi connectivity index (χ1v) is 8.44. The van der Waals surface area contributed by atoms with Crippen LogP contribution in [-0.4, -0.2) is 22.6 Å². The molecule has 0 radical (unpaired) electrons. The molecule has 0 aliphatic carbocycles. The Bertz CT molecular complexity index is 581. The maximum atomic E-state index is 4.91. The van der Waals surface area contributed by atoms with Gasteiger partial charge in [0.05, 0.1) is 11.0 Å². The molecule has 0 saturated carbocycles. The van der Waals surface area contributed by atoms with E-state index < -0.39 is 0 Å². The van der Waals surface area contributed by atoms with Gasteiger partial charge in [-0.2, -0.15) is 0 Å². The van der Waals surface area contributed by atoms with Crippen molar-refractivity contribution < 1.29 is 0 Å². The average Bonchev–Trinajstić information content (AvgIpc) is 2.86. The Morgan fingerprint density at radius 1 is 1.38 bits per heavy atom. The topological polar surface area (TPSA) is 29.9 Å². The van der Waals surface area contributed by atoms with Crippen molar-refractivity contribution in [2.24, 2.45) is 11.8 Å². The van der Waals surface area contributed by atoms with Gasteiger partial charge in [0.1, 0.15) is 5.82 Å². The van der Waals surface area contributed by atoms with Crippen molar-refractivity contribution in [3.8, 4) is 0 Å². The molecule has 1 aromatic heterocycles. The van der Waals surface area contributed by atoms with Crippen LogP contribution in [-0.2, 0) is 13.0 Å². The number of benzene rings is 1. The van der Waals surface area contributed by atoms with Gasteiger partial charge in [0.15, 0.2) is 0 Å². The van der Waals surface area contributed by atoms with Crippen LogP contribution in [0, 0.1) is 11.8 Å². The van der Waals surface area contributed by atoms with E-state index in [2.05, 4.69) is 48.0 Å². The number of piperidine rings is 1. The van der Waals surface area contributed by atoms with Gasteiger partial charge in [-0.15, -0.1) is 0 Å². The van der Waals surface area contributed by atoms with Gasteiger partial charge in [-0.1, -0.05) is 26.0 Å². The maximum Gasteiger partial charge on any atom is 0.110 e. The monoisotopic (exact) mass is 285 g/mol. The molecule has 0 spiro atoms. The highest BCUT2D eigenvalue weighted by atomic mass is 15.1. The van der Waals surface area contributed by atoms with Gasteiger partial charge in [0.25, 0.3) is 0 Å². The predicted molar refractivity (Wildman–Crippen MR) is 88.5 cm³/mol. The molecule has 2 aromatic rings. The number of hydrogen-bond acceptors (Lipinski definition) is 2. The fourth-order valence-electron chi connectivity index (χ4n) is 3.57. The van der Waals surface area contributed by atoms with E-state index in [1.54, 1.807) is 0 Å². The first kappa shape index (κ1) is 14.6. The molecule has 1 aliphatic rings. The SMILES string of the molecule is CCCn1c(CC(C)C2CCCNC2)nc2ccccc21. The van der Waals surface area contributed by atoms with Crippen LogP contribution in [0.4, 0.5) is 0 Å². The number of para-hydroxylation sites is 2. The van der Waals surface area contributed by atoms with E-state index in [4.69, 9.17) is 4.98 Å². The molecule has 114 valence electrons. The lowest BCUT2D eigenvalue weighted by atomic mass is 9.85. The van der Waals surface area contributed by atoms with Crippen LogP contribution in [0.2, 0.25) is 0 Å². The predicted octanol–water partition coefficient (Wildman–Crippen LogP) is 3.62. The van der Waals surface area contributed by atoms with E-state index in [1.165, 1.54) is 37.3 Å². The lowest BCUT2D eigenvalue weighted by molar-refractivity contribution is 0.274. The van der Waals surface area contributed by atoms with Crippen LogP contribution in [0.5, 0.6) is 0 Å². The van der Waals surface area contributed by atoms with Crippen molar-refractivity contribution in [1.29, 1.82) is 0 Å². The zero-order valence-electron chi connectivity index (χ0n) is 13.3. The van der Waals surface area contributed by atoms with E-state index in [0.717, 1.165) is 30.8 Å². The number of nitrogens with one attached hydrogen (secondary N) is 1. The number of nitrogens with zero attached hydrogens (tertiary/aromatic N) is 2. The minimum atomic E-state index is 0.699. The minimum absolute atomic E-state index is 0.699. The Hall–Kier alpha value is -1.35. The molecule has 1 aromatic carbocycles. The van der Waals surface area contributed by atoms with Crippen LogP contribution in [0.15, 0.2) is 24.3 Å². The quantitative estimate of drug-likeness (QED) is 0.909. The molecule has 2 unspecified atom stereocenters. The lowest BCUT2D eigenvalue weighted by Gasteiger charge is -2.28. The van der Waals surface area contributed by atoms with Gasteiger partial charge in [0, 0.05) is 13.0 Å². The van der Waals surface area contributed by atoms with Crippen molar-refractivity contribution in [3.63, 3.8) is 0 Å². The molecule has 2 atom stereocenters. The molecule has 1 fully saturated rings. The second-order valence-electron chi connectivity index (χ2n) is 6.46. The first-order valence-electron chi connectivity index (χ1n) is 8.44. The minimum Gasteiger partial charge on any atom is -0.328 e. The van der Waals surface area contributed by atoms with Crippen LogP contribution in [0.25, 0.3) is 11.0 Å². The lowest BCUT2D eigenvalue weighted by Crippen LogP contribution is -2.34. The number of rotatable bonds is 5. The molecule has 2 heterocycles. The number of fused-ring (bicyclic) bond motifs is 1. The van der Waals surface area contributed by atoms with Gasteiger partial charge < -0.3 is 9.88 Å². The number of aromatic nitrogens is 2. The summed E-state index contributed by atoms with van der Waals surface area (Å²) in [5.74, 6) is 2.77. The zero-order valence-corrected chi connectivity index (χ0v) is 13.3. The molecule has 3 nitrogen and oxygen atoms in total. The van der Waals surface area contributed by atoms with E-state index in [9.17, 15) is 0 Å². The van der Waals surface area contributed by atoms with E-state index in [1.807, 2.05) is 0 Å². The summed E-state index contributed by atoms with van der Waals surface area (Å²) >= 11 is 0. The van der Waals surface area contributed by atoms with Gasteiger partial charge >= 0.3 is 0 Å². The van der Waals surface area contributed by atoms with Crippen LogP contribution in [0.3, 0.4) is 0 Å². The molecule has 21 heavy (non-hydrogen) atoms. The van der Waals surface area contributed by atoms with Gasteiger partial charge in [-0.3, -0.25) is 0 Å². The summed E-state index contributed by atoms with van der Waals surface area (Å²) in [5.41, 5.74) is 2.44. The first-order chi connectivity index (χ1) is 10.3. The molecule has 0 bridgehead atoms. The summed E-state index contributed by atoms with van der Waals surface area (Å²) in [4.78, 5) is 4.91. The highest BCUT2D eigenvalue weighted by molar-refractivity contribution is 5.75. The molecule has 3 rings (SSSR count). The molecule has 1 aliphatic heterocycles. The Kier molecular flexibility index (Phi) is 4.59. The van der Waals surface area contributed by atoms with Crippen molar-refractivity contribution in [3.05, 3.63) is 30.1 Å². The second kappa shape index (κ2) is 6.61. The summed E-state index contributed by atoms with van der Waals surface area (Å²) in [5, 5.41) is 3.54. The van der Waals surface area contributed by atoms with Gasteiger partial charge in [-0.25, -0.2) is 4.98 Å². The van der Waals surface area contributed by atoms with Crippen LogP contribution >= 0.6 is 0 Å². The molecule has 1 N–H and O–H groups in total. The zero-order chi connectivity index (χ0) is 14.7. The fraction of sp³-hybridized carbons (Fsp3) is 0.611. The Morgan fingerprint density at radius 2 is 2.24 bits per heavy atom. The largest absolute Gasteiger partial charge is 0.328 e. The maximum absolute atomic E-state index is 4.91. The van der Waals surface area contributed by atoms with E-state index in [0.29, 0.717) is 5.92 Å². The van der Waals surface area contributed by atoms with Crippen molar-refractivity contribution in [1.82, 2.24) is 14.9 Å². The highest BCUT2D eigenvalue weighted by Crippen LogP contribution is 2.25. The van der Waals surface area contributed by atoms with Crippen LogP contribution in [0.1, 0.15) is 38.9 Å². The van der Waals surface area contributed by atoms with Gasteiger partial charge in [0.2, 0.25) is 0 Å². The molecule has 0 amide bonds. The molecular formula is C18H27N3. The summed E-state index contributed by atoms with van der Waals surface area (Å²) in [6.07, 6.45) is 4.94. The summed E-state index contributed by atoms with van der Waals surface area (Å²) in [7, 11) is 0. The third-order valence-corrected chi connectivity index (χ3v) is 4.83.